The fraction of sp³-hybridized carbons (Fsp3) is 0.750. The van der Waals surface area contributed by atoms with Gasteiger partial charge in [-0.2, -0.15) is 0 Å². The Morgan fingerprint density at radius 3 is 2.67 bits per heavy atom. The number of carbonyl (C=O) groups excluding carboxylic acids is 1. The molecule has 1 heterocycles. The molecule has 0 bridgehead atoms. The number of hydrogen-bond donors (Lipinski definition) is 0. The lowest BCUT2D eigenvalue weighted by Crippen LogP contribution is -2.39. The molecule has 1 amide bonds. The Kier molecular flexibility index (Phi) is 3.77. The summed E-state index contributed by atoms with van der Waals surface area (Å²) in [6, 6.07) is 0.227. The summed E-state index contributed by atoms with van der Waals surface area (Å²) in [7, 11) is 0. The van der Waals surface area contributed by atoms with E-state index in [1.807, 2.05) is 38.7 Å². The van der Waals surface area contributed by atoms with Gasteiger partial charge in [-0.1, -0.05) is 12.2 Å². The highest BCUT2D eigenvalue weighted by Crippen LogP contribution is 2.21. The highest BCUT2D eigenvalue weighted by molar-refractivity contribution is 5.69. The van der Waals surface area contributed by atoms with E-state index in [1.165, 1.54) is 0 Å². The van der Waals surface area contributed by atoms with E-state index in [-0.39, 0.29) is 12.1 Å². The van der Waals surface area contributed by atoms with Crippen LogP contribution in [0.2, 0.25) is 0 Å². The predicted octanol–water partition coefficient (Wildman–Crippen LogP) is 2.96. The van der Waals surface area contributed by atoms with Crippen LogP contribution < -0.4 is 0 Å². The molecule has 1 fully saturated rings. The quantitative estimate of drug-likeness (QED) is 0.624. The Labute approximate surface area is 92.1 Å². The first-order valence-corrected chi connectivity index (χ1v) is 5.56. The van der Waals surface area contributed by atoms with Crippen molar-refractivity contribution in [1.82, 2.24) is 4.90 Å². The van der Waals surface area contributed by atoms with E-state index in [2.05, 4.69) is 6.08 Å². The van der Waals surface area contributed by atoms with Crippen LogP contribution in [0.3, 0.4) is 0 Å². The lowest BCUT2D eigenvalue weighted by Gasteiger charge is -2.27. The lowest BCUT2D eigenvalue weighted by atomic mass is 10.2. The van der Waals surface area contributed by atoms with Crippen LogP contribution in [0.25, 0.3) is 0 Å². The Bertz CT molecular complexity index is 253. The van der Waals surface area contributed by atoms with Crippen LogP contribution in [0, 0.1) is 0 Å². The fourth-order valence-corrected chi connectivity index (χ4v) is 1.76. The lowest BCUT2D eigenvalue weighted by molar-refractivity contribution is 0.0256. The van der Waals surface area contributed by atoms with Gasteiger partial charge < -0.3 is 9.64 Å². The molecule has 0 aromatic carbocycles. The van der Waals surface area contributed by atoms with E-state index < -0.39 is 5.60 Å². The zero-order valence-electron chi connectivity index (χ0n) is 10.1. The maximum Gasteiger partial charge on any atom is 0.410 e. The Balaban J connectivity index is 2.59. The Hall–Kier alpha value is -0.990. The third-order valence-electron chi connectivity index (χ3n) is 2.34. The van der Waals surface area contributed by atoms with Crippen molar-refractivity contribution in [3.63, 3.8) is 0 Å². The minimum Gasteiger partial charge on any atom is -0.444 e. The molecule has 0 saturated carbocycles. The van der Waals surface area contributed by atoms with Crippen LogP contribution in [0.4, 0.5) is 4.79 Å². The molecule has 0 N–H and O–H groups in total. The van der Waals surface area contributed by atoms with Crippen LogP contribution in [0.1, 0.15) is 40.5 Å². The number of amides is 1. The minimum atomic E-state index is -0.403. The van der Waals surface area contributed by atoms with Gasteiger partial charge in [-0.25, -0.2) is 4.79 Å². The van der Waals surface area contributed by atoms with Gasteiger partial charge in [0.15, 0.2) is 0 Å². The largest absolute Gasteiger partial charge is 0.444 e. The van der Waals surface area contributed by atoms with Crippen molar-refractivity contribution in [2.45, 2.75) is 52.2 Å². The van der Waals surface area contributed by atoms with E-state index in [1.54, 1.807) is 0 Å². The summed E-state index contributed by atoms with van der Waals surface area (Å²) in [5.74, 6) is 0. The highest BCUT2D eigenvalue weighted by atomic mass is 16.6. The van der Waals surface area contributed by atoms with Crippen molar-refractivity contribution < 1.29 is 9.53 Å². The number of ether oxygens (including phenoxy) is 1. The molecule has 1 unspecified atom stereocenters. The maximum atomic E-state index is 11.8. The summed E-state index contributed by atoms with van der Waals surface area (Å²) in [5, 5.41) is 0. The van der Waals surface area contributed by atoms with Gasteiger partial charge in [0.05, 0.1) is 6.04 Å². The second kappa shape index (κ2) is 4.69. The van der Waals surface area contributed by atoms with E-state index in [0.29, 0.717) is 0 Å². The highest BCUT2D eigenvalue weighted by Gasteiger charge is 2.30. The third-order valence-corrected chi connectivity index (χ3v) is 2.34. The number of nitrogens with zero attached hydrogens (tertiary/aromatic N) is 1. The number of likely N-dealkylation sites (tertiary alicyclic amines) is 1. The molecule has 0 aliphatic carbocycles. The summed E-state index contributed by atoms with van der Waals surface area (Å²) in [5.41, 5.74) is -0.403. The van der Waals surface area contributed by atoms with Crippen molar-refractivity contribution >= 4 is 6.09 Å². The van der Waals surface area contributed by atoms with E-state index in [9.17, 15) is 4.79 Å². The number of allylic oxidation sites excluding steroid dienone is 1. The molecule has 1 rings (SSSR count). The third kappa shape index (κ3) is 3.57. The molecule has 15 heavy (non-hydrogen) atoms. The second-order valence-corrected chi connectivity index (χ2v) is 4.91. The van der Waals surface area contributed by atoms with Gasteiger partial charge in [-0.15, -0.1) is 0 Å². The van der Waals surface area contributed by atoms with Gasteiger partial charge in [0.2, 0.25) is 0 Å². The molecule has 1 atom stereocenters. The first-order chi connectivity index (χ1) is 6.94. The van der Waals surface area contributed by atoms with E-state index in [0.717, 1.165) is 19.4 Å². The van der Waals surface area contributed by atoms with Gasteiger partial charge >= 0.3 is 6.09 Å². The van der Waals surface area contributed by atoms with Crippen molar-refractivity contribution in [3.8, 4) is 0 Å². The zero-order valence-corrected chi connectivity index (χ0v) is 10.1. The molecule has 0 aromatic heterocycles. The molecular formula is C12H21NO2. The SMILES string of the molecule is CC=CC1CCCN1C(=O)OC(C)(C)C. The molecule has 1 saturated heterocycles. The summed E-state index contributed by atoms with van der Waals surface area (Å²) in [6.07, 6.45) is 5.98. The normalized spacial score (nSPS) is 22.4. The molecule has 3 heteroatoms. The Morgan fingerprint density at radius 2 is 2.13 bits per heavy atom. The van der Waals surface area contributed by atoms with Gasteiger partial charge in [0.25, 0.3) is 0 Å². The van der Waals surface area contributed by atoms with Gasteiger partial charge in [0.1, 0.15) is 5.60 Å². The van der Waals surface area contributed by atoms with Crippen LogP contribution in [0.5, 0.6) is 0 Å². The molecule has 86 valence electrons. The average Bonchev–Trinajstić information content (AvgIpc) is 2.49. The summed E-state index contributed by atoms with van der Waals surface area (Å²) in [6.45, 7) is 8.47. The fourth-order valence-electron chi connectivity index (χ4n) is 1.76. The van der Waals surface area contributed by atoms with E-state index >= 15 is 0 Å². The standard InChI is InChI=1S/C12H21NO2/c1-5-7-10-8-6-9-13(10)11(14)15-12(2,3)4/h5,7,10H,6,8-9H2,1-4H3. The Morgan fingerprint density at radius 1 is 1.47 bits per heavy atom. The van der Waals surface area contributed by atoms with Crippen molar-refractivity contribution in [2.24, 2.45) is 0 Å². The van der Waals surface area contributed by atoms with Gasteiger partial charge in [0, 0.05) is 6.54 Å². The van der Waals surface area contributed by atoms with Crippen LogP contribution in [0.15, 0.2) is 12.2 Å². The molecule has 0 aromatic rings. The minimum absolute atomic E-state index is 0.192. The van der Waals surface area contributed by atoms with E-state index in [4.69, 9.17) is 4.74 Å². The predicted molar refractivity (Wildman–Crippen MR) is 60.8 cm³/mol. The number of rotatable bonds is 1. The first kappa shape index (κ1) is 12.1. The number of hydrogen-bond acceptors (Lipinski definition) is 2. The molecular weight excluding hydrogens is 190 g/mol. The van der Waals surface area contributed by atoms with Crippen molar-refractivity contribution in [1.29, 1.82) is 0 Å². The maximum absolute atomic E-state index is 11.8. The smallest absolute Gasteiger partial charge is 0.410 e. The molecule has 1 aliphatic heterocycles. The monoisotopic (exact) mass is 211 g/mol. The van der Waals surface area contributed by atoms with Crippen molar-refractivity contribution in [2.75, 3.05) is 6.54 Å². The molecule has 3 nitrogen and oxygen atoms in total. The summed E-state index contributed by atoms with van der Waals surface area (Å²) < 4.78 is 5.35. The second-order valence-electron chi connectivity index (χ2n) is 4.91. The molecule has 1 aliphatic rings. The number of carbonyl (C=O) groups is 1. The summed E-state index contributed by atoms with van der Waals surface area (Å²) in [4.78, 5) is 13.6. The topological polar surface area (TPSA) is 29.5 Å². The zero-order chi connectivity index (χ0) is 11.5. The van der Waals surface area contributed by atoms with Crippen molar-refractivity contribution in [3.05, 3.63) is 12.2 Å². The first-order valence-electron chi connectivity index (χ1n) is 5.56. The molecule has 0 spiro atoms. The summed E-state index contributed by atoms with van der Waals surface area (Å²) >= 11 is 0. The van der Waals surface area contributed by atoms with Gasteiger partial charge in [-0.3, -0.25) is 0 Å². The van der Waals surface area contributed by atoms with Crippen LogP contribution >= 0.6 is 0 Å². The van der Waals surface area contributed by atoms with Crippen LogP contribution in [-0.4, -0.2) is 29.2 Å². The van der Waals surface area contributed by atoms with Gasteiger partial charge in [-0.05, 0) is 40.5 Å². The van der Waals surface area contributed by atoms with Crippen LogP contribution in [-0.2, 0) is 4.74 Å². The molecule has 0 radical (unpaired) electrons. The average molecular weight is 211 g/mol.